The molecule has 7 heteroatoms. The van der Waals surface area contributed by atoms with Gasteiger partial charge in [0.2, 0.25) is 0 Å². The van der Waals surface area contributed by atoms with Crippen LogP contribution in [0.15, 0.2) is 4.99 Å². The first-order valence-corrected chi connectivity index (χ1v) is 5.43. The van der Waals surface area contributed by atoms with Gasteiger partial charge >= 0.3 is 12.2 Å². The maximum atomic E-state index is 12.1. The molecule has 1 atom stereocenters. The molecule has 0 aromatic heterocycles. The van der Waals surface area contributed by atoms with Crippen molar-refractivity contribution in [3.8, 4) is 0 Å². The summed E-state index contributed by atoms with van der Waals surface area (Å²) < 4.78 is 36.2. The Bertz CT molecular complexity index is 340. The highest BCUT2D eigenvalue weighted by atomic mass is 19.4. The number of alkyl halides is 3. The first-order valence-electron chi connectivity index (χ1n) is 5.43. The average Bonchev–Trinajstić information content (AvgIpc) is 2.35. The maximum absolute atomic E-state index is 12.1. The zero-order chi connectivity index (χ0) is 13.3. The molecule has 0 saturated carbocycles. The Balaban J connectivity index is 2.67. The van der Waals surface area contributed by atoms with Crippen LogP contribution < -0.4 is 5.73 Å². The second-order valence-corrected chi connectivity index (χ2v) is 4.27. The third-order valence-electron chi connectivity index (χ3n) is 3.03. The van der Waals surface area contributed by atoms with Gasteiger partial charge in [0.05, 0.1) is 5.54 Å². The van der Waals surface area contributed by atoms with Crippen molar-refractivity contribution in [2.24, 2.45) is 10.7 Å². The lowest BCUT2D eigenvalue weighted by atomic mass is 9.92. The number of nitrogens with zero attached hydrogens (tertiary/aromatic N) is 2. The van der Waals surface area contributed by atoms with Gasteiger partial charge in [0, 0.05) is 13.0 Å². The van der Waals surface area contributed by atoms with Crippen molar-refractivity contribution in [2.45, 2.75) is 44.8 Å². The number of amidine groups is 1. The minimum Gasteiger partial charge on any atom is -0.385 e. The fraction of sp³-hybridized carbons (Fsp3) is 0.800. The summed E-state index contributed by atoms with van der Waals surface area (Å²) in [6, 6.07) is -0.473. The van der Waals surface area contributed by atoms with Crippen LogP contribution in [-0.4, -0.2) is 35.0 Å². The highest BCUT2D eigenvalue weighted by Crippen LogP contribution is 2.31. The molecule has 0 saturated heterocycles. The largest absolute Gasteiger partial charge is 0.389 e. The summed E-state index contributed by atoms with van der Waals surface area (Å²) in [6.45, 7) is 3.77. The van der Waals surface area contributed by atoms with Crippen LogP contribution in [-0.2, 0) is 0 Å². The van der Waals surface area contributed by atoms with Crippen LogP contribution in [0.2, 0.25) is 0 Å². The molecule has 0 aromatic carbocycles. The Morgan fingerprint density at radius 3 is 2.53 bits per heavy atom. The zero-order valence-corrected chi connectivity index (χ0v) is 9.84. The number of amides is 2. The lowest BCUT2D eigenvalue weighted by Crippen LogP contribution is -2.51. The fourth-order valence-electron chi connectivity index (χ4n) is 2.01. The molecule has 98 valence electrons. The molecule has 0 aromatic rings. The highest BCUT2D eigenvalue weighted by Gasteiger charge is 2.43. The number of nitrogens with two attached hydrogens (primary N) is 1. The minimum atomic E-state index is -4.18. The van der Waals surface area contributed by atoms with Gasteiger partial charge < -0.3 is 10.6 Å². The van der Waals surface area contributed by atoms with Crippen LogP contribution in [0, 0.1) is 0 Å². The summed E-state index contributed by atoms with van der Waals surface area (Å²) in [6.07, 6.45) is -4.95. The topological polar surface area (TPSA) is 58.7 Å². The van der Waals surface area contributed by atoms with Crippen molar-refractivity contribution >= 4 is 11.9 Å². The predicted molar refractivity (Wildman–Crippen MR) is 57.7 cm³/mol. The molecule has 4 nitrogen and oxygen atoms in total. The van der Waals surface area contributed by atoms with Crippen molar-refractivity contribution in [2.75, 3.05) is 6.54 Å². The Kier molecular flexibility index (Phi) is 3.68. The molecule has 1 rings (SSSR count). The zero-order valence-electron chi connectivity index (χ0n) is 9.84. The SMILES string of the molecule is CCN1C(=O)N=C(N)C1(C)CCCC(F)(F)F. The molecule has 1 aliphatic rings. The van der Waals surface area contributed by atoms with Gasteiger partial charge in [0.1, 0.15) is 5.84 Å². The van der Waals surface area contributed by atoms with Crippen molar-refractivity contribution in [1.82, 2.24) is 4.90 Å². The number of carbonyl (C=O) groups excluding carboxylic acids is 1. The summed E-state index contributed by atoms with van der Waals surface area (Å²) in [5, 5.41) is 0. The molecule has 1 aliphatic heterocycles. The summed E-state index contributed by atoms with van der Waals surface area (Å²) in [4.78, 5) is 16.4. The van der Waals surface area contributed by atoms with Crippen LogP contribution in [0.4, 0.5) is 18.0 Å². The van der Waals surface area contributed by atoms with E-state index in [1.165, 1.54) is 4.90 Å². The molecule has 0 spiro atoms. The van der Waals surface area contributed by atoms with Gasteiger partial charge in [-0.1, -0.05) is 0 Å². The molecular weight excluding hydrogens is 235 g/mol. The normalized spacial score (nSPS) is 25.4. The Morgan fingerprint density at radius 1 is 1.47 bits per heavy atom. The van der Waals surface area contributed by atoms with Crippen molar-refractivity contribution in [3.63, 3.8) is 0 Å². The van der Waals surface area contributed by atoms with Crippen LogP contribution >= 0.6 is 0 Å². The number of likely N-dealkylation sites (N-methyl/N-ethyl adjacent to an activating group) is 1. The van der Waals surface area contributed by atoms with E-state index in [2.05, 4.69) is 4.99 Å². The van der Waals surface area contributed by atoms with Crippen LogP contribution in [0.1, 0.15) is 33.1 Å². The maximum Gasteiger partial charge on any atom is 0.389 e. The van der Waals surface area contributed by atoms with Gasteiger partial charge in [-0.05, 0) is 26.7 Å². The van der Waals surface area contributed by atoms with Gasteiger partial charge in [0.15, 0.2) is 0 Å². The van der Waals surface area contributed by atoms with E-state index in [1.54, 1.807) is 13.8 Å². The van der Waals surface area contributed by atoms with Crippen LogP contribution in [0.3, 0.4) is 0 Å². The van der Waals surface area contributed by atoms with Gasteiger partial charge in [0.25, 0.3) is 0 Å². The molecule has 1 heterocycles. The molecule has 0 radical (unpaired) electrons. The number of hydrogen-bond acceptors (Lipinski definition) is 2. The Hall–Kier alpha value is -1.27. The monoisotopic (exact) mass is 251 g/mol. The fourth-order valence-corrected chi connectivity index (χ4v) is 2.01. The molecule has 0 aliphatic carbocycles. The smallest absolute Gasteiger partial charge is 0.385 e. The predicted octanol–water partition coefficient (Wildman–Crippen LogP) is 2.29. The third-order valence-corrected chi connectivity index (χ3v) is 3.03. The van der Waals surface area contributed by atoms with E-state index in [-0.39, 0.29) is 18.7 Å². The summed E-state index contributed by atoms with van der Waals surface area (Å²) >= 11 is 0. The third kappa shape index (κ3) is 2.89. The van der Waals surface area contributed by atoms with Crippen molar-refractivity contribution in [3.05, 3.63) is 0 Å². The van der Waals surface area contributed by atoms with Gasteiger partial charge in [-0.25, -0.2) is 4.79 Å². The molecule has 0 fully saturated rings. The average molecular weight is 251 g/mol. The van der Waals surface area contributed by atoms with E-state index < -0.39 is 24.2 Å². The molecule has 2 N–H and O–H groups in total. The van der Waals surface area contributed by atoms with E-state index in [9.17, 15) is 18.0 Å². The van der Waals surface area contributed by atoms with Crippen molar-refractivity contribution in [1.29, 1.82) is 0 Å². The van der Waals surface area contributed by atoms with Crippen LogP contribution in [0.25, 0.3) is 0 Å². The van der Waals surface area contributed by atoms with E-state index in [1.807, 2.05) is 0 Å². The number of carbonyl (C=O) groups is 1. The summed E-state index contributed by atoms with van der Waals surface area (Å²) in [5.41, 5.74) is 4.75. The van der Waals surface area contributed by atoms with E-state index >= 15 is 0 Å². The number of urea groups is 1. The highest BCUT2D eigenvalue weighted by molar-refractivity contribution is 6.05. The quantitative estimate of drug-likeness (QED) is 0.833. The summed E-state index contributed by atoms with van der Waals surface area (Å²) in [5.74, 6) is 0.103. The first-order chi connectivity index (χ1) is 7.70. The van der Waals surface area contributed by atoms with Gasteiger partial charge in [-0.2, -0.15) is 18.2 Å². The number of rotatable bonds is 4. The molecule has 0 bridgehead atoms. The molecule has 2 amide bonds. The molecule has 17 heavy (non-hydrogen) atoms. The lowest BCUT2D eigenvalue weighted by molar-refractivity contribution is -0.136. The van der Waals surface area contributed by atoms with Gasteiger partial charge in [-0.15, -0.1) is 0 Å². The number of aliphatic imine (C=N–C) groups is 1. The van der Waals surface area contributed by atoms with Gasteiger partial charge in [-0.3, -0.25) is 0 Å². The summed E-state index contributed by atoms with van der Waals surface area (Å²) in [7, 11) is 0. The van der Waals surface area contributed by atoms with Crippen molar-refractivity contribution < 1.29 is 18.0 Å². The van der Waals surface area contributed by atoms with Crippen LogP contribution in [0.5, 0.6) is 0 Å². The second-order valence-electron chi connectivity index (χ2n) is 4.27. The lowest BCUT2D eigenvalue weighted by Gasteiger charge is -2.34. The van der Waals surface area contributed by atoms with E-state index in [4.69, 9.17) is 5.73 Å². The van der Waals surface area contributed by atoms with E-state index in [0.29, 0.717) is 6.54 Å². The van der Waals surface area contributed by atoms with E-state index in [0.717, 1.165) is 0 Å². The first kappa shape index (κ1) is 13.8. The number of halogens is 3. The standard InChI is InChI=1S/C10H16F3N3O/c1-3-16-8(17)15-7(14)9(16,2)5-4-6-10(11,12)13/h3-6H2,1-2H3,(H2,14,15,17). The molecule has 1 unspecified atom stereocenters. The Morgan fingerprint density at radius 2 is 2.06 bits per heavy atom. The Labute approximate surface area is 97.7 Å². The minimum absolute atomic E-state index is 0.0694. The molecular formula is C10H16F3N3O. The second kappa shape index (κ2) is 4.54. The number of hydrogen-bond donors (Lipinski definition) is 1.